The number of hydrogen-bond acceptors (Lipinski definition) is 4. The number of nitrogens with zero attached hydrogens (tertiary/aromatic N) is 3. The van der Waals surface area contributed by atoms with Crippen LogP contribution in [0.2, 0.25) is 0 Å². The highest BCUT2D eigenvalue weighted by atomic mass is 16.5. The first-order valence-corrected chi connectivity index (χ1v) is 7.34. The van der Waals surface area contributed by atoms with E-state index in [-0.39, 0.29) is 6.04 Å². The highest BCUT2D eigenvalue weighted by molar-refractivity contribution is 4.91. The highest BCUT2D eigenvalue weighted by Gasteiger charge is 2.35. The maximum Gasteiger partial charge on any atom is 0.0945 e. The van der Waals surface area contributed by atoms with Crippen LogP contribution in [-0.4, -0.2) is 40.3 Å². The summed E-state index contributed by atoms with van der Waals surface area (Å²) in [5.74, 6) is 0. The van der Waals surface area contributed by atoms with Gasteiger partial charge in [-0.15, -0.1) is 5.10 Å². The zero-order valence-electron chi connectivity index (χ0n) is 11.9. The first kappa shape index (κ1) is 13.1. The molecule has 19 heavy (non-hydrogen) atoms. The maximum absolute atomic E-state index is 5.64. The number of rotatable bonds is 3. The topological polar surface area (TPSA) is 52.0 Å². The molecule has 1 N–H and O–H groups in total. The van der Waals surface area contributed by atoms with Gasteiger partial charge in [0.05, 0.1) is 31.5 Å². The molecule has 0 amide bonds. The summed E-state index contributed by atoms with van der Waals surface area (Å²) in [5.41, 5.74) is 0.470. The van der Waals surface area contributed by atoms with Crippen molar-refractivity contribution in [2.45, 2.75) is 57.7 Å². The van der Waals surface area contributed by atoms with Gasteiger partial charge in [-0.25, -0.2) is 4.68 Å². The smallest absolute Gasteiger partial charge is 0.0945 e. The van der Waals surface area contributed by atoms with E-state index in [0.29, 0.717) is 17.5 Å². The Morgan fingerprint density at radius 3 is 3.00 bits per heavy atom. The largest absolute Gasteiger partial charge is 0.377 e. The predicted octanol–water partition coefficient (Wildman–Crippen LogP) is 1.78. The van der Waals surface area contributed by atoms with Gasteiger partial charge in [-0.05, 0) is 24.7 Å². The van der Waals surface area contributed by atoms with Crippen LogP contribution in [-0.2, 0) is 4.74 Å². The molecular formula is C14H24N4O. The fourth-order valence-electron chi connectivity index (χ4n) is 3.50. The van der Waals surface area contributed by atoms with E-state index in [1.807, 2.05) is 10.9 Å². The summed E-state index contributed by atoms with van der Waals surface area (Å²) in [6.07, 6.45) is 8.88. The van der Waals surface area contributed by atoms with E-state index >= 15 is 0 Å². The molecule has 0 bridgehead atoms. The van der Waals surface area contributed by atoms with E-state index in [2.05, 4.69) is 29.5 Å². The monoisotopic (exact) mass is 264 g/mol. The van der Waals surface area contributed by atoms with Crippen molar-refractivity contribution in [2.75, 3.05) is 13.2 Å². The van der Waals surface area contributed by atoms with Gasteiger partial charge in [0.2, 0.25) is 0 Å². The number of hydrogen-bond donors (Lipinski definition) is 1. The molecule has 1 saturated carbocycles. The summed E-state index contributed by atoms with van der Waals surface area (Å²) in [7, 11) is 0. The molecule has 0 aromatic carbocycles. The van der Waals surface area contributed by atoms with Gasteiger partial charge in [0, 0.05) is 12.2 Å². The Morgan fingerprint density at radius 2 is 2.26 bits per heavy atom. The summed E-state index contributed by atoms with van der Waals surface area (Å²) in [6, 6.07) is 1.26. The summed E-state index contributed by atoms with van der Waals surface area (Å²) < 4.78 is 7.57. The van der Waals surface area contributed by atoms with Crippen LogP contribution in [0, 0.1) is 5.41 Å². The van der Waals surface area contributed by atoms with Crippen LogP contribution in [0.25, 0.3) is 0 Å². The Balaban J connectivity index is 1.62. The molecular weight excluding hydrogens is 240 g/mol. The second-order valence-electron chi connectivity index (χ2n) is 6.72. The maximum atomic E-state index is 5.64. The van der Waals surface area contributed by atoms with Crippen molar-refractivity contribution < 1.29 is 4.74 Å². The molecule has 0 unspecified atom stereocenters. The van der Waals surface area contributed by atoms with E-state index < -0.39 is 0 Å². The highest BCUT2D eigenvalue weighted by Crippen LogP contribution is 2.35. The Hall–Kier alpha value is -0.940. The van der Waals surface area contributed by atoms with Crippen molar-refractivity contribution in [1.82, 2.24) is 20.3 Å². The fourth-order valence-corrected chi connectivity index (χ4v) is 3.50. The molecule has 106 valence electrons. The van der Waals surface area contributed by atoms with E-state index in [0.717, 1.165) is 13.2 Å². The van der Waals surface area contributed by atoms with Gasteiger partial charge in [0.15, 0.2) is 0 Å². The van der Waals surface area contributed by atoms with Gasteiger partial charge < -0.3 is 10.1 Å². The second-order valence-corrected chi connectivity index (χ2v) is 6.72. The summed E-state index contributed by atoms with van der Waals surface area (Å²) in [5, 5.41) is 11.8. The van der Waals surface area contributed by atoms with Gasteiger partial charge in [-0.2, -0.15) is 0 Å². The van der Waals surface area contributed by atoms with Crippen molar-refractivity contribution in [3.63, 3.8) is 0 Å². The molecule has 1 aliphatic heterocycles. The molecule has 1 saturated heterocycles. The predicted molar refractivity (Wildman–Crippen MR) is 72.8 cm³/mol. The number of nitrogens with one attached hydrogen (secondary N) is 1. The van der Waals surface area contributed by atoms with Crippen LogP contribution in [0.15, 0.2) is 12.4 Å². The molecule has 0 spiro atoms. The Bertz CT molecular complexity index is 404. The third-order valence-electron chi connectivity index (χ3n) is 4.49. The van der Waals surface area contributed by atoms with Gasteiger partial charge in [0.25, 0.3) is 0 Å². The molecule has 1 aliphatic carbocycles. The Labute approximate surface area is 114 Å². The van der Waals surface area contributed by atoms with Crippen LogP contribution < -0.4 is 5.32 Å². The average molecular weight is 264 g/mol. The van der Waals surface area contributed by atoms with E-state index in [9.17, 15) is 0 Å². The molecule has 3 rings (SSSR count). The first-order valence-electron chi connectivity index (χ1n) is 7.34. The van der Waals surface area contributed by atoms with E-state index in [1.54, 1.807) is 6.20 Å². The summed E-state index contributed by atoms with van der Waals surface area (Å²) >= 11 is 0. The Kier molecular flexibility index (Phi) is 3.58. The lowest BCUT2D eigenvalue weighted by molar-refractivity contribution is 0.167. The fraction of sp³-hybridized carbons (Fsp3) is 0.857. The molecule has 5 nitrogen and oxygen atoms in total. The second kappa shape index (κ2) is 5.21. The van der Waals surface area contributed by atoms with Crippen LogP contribution in [0.3, 0.4) is 0 Å². The minimum Gasteiger partial charge on any atom is -0.377 e. The molecule has 3 atom stereocenters. The van der Waals surface area contributed by atoms with E-state index in [1.165, 1.54) is 25.7 Å². The molecule has 1 aromatic rings. The summed E-state index contributed by atoms with van der Waals surface area (Å²) in [6.45, 7) is 6.26. The van der Waals surface area contributed by atoms with Crippen LogP contribution in [0.1, 0.15) is 45.6 Å². The molecule has 1 aromatic heterocycles. The van der Waals surface area contributed by atoms with Crippen LogP contribution in [0.5, 0.6) is 0 Å². The molecule has 2 heterocycles. The normalized spacial score (nSPS) is 34.5. The minimum atomic E-state index is 0.285. The molecule has 2 aliphatic rings. The van der Waals surface area contributed by atoms with Crippen LogP contribution >= 0.6 is 0 Å². The van der Waals surface area contributed by atoms with Crippen molar-refractivity contribution in [2.24, 2.45) is 5.41 Å². The first-order chi connectivity index (χ1) is 9.14. The number of aromatic nitrogens is 3. The number of ether oxygens (including phenoxy) is 1. The van der Waals surface area contributed by atoms with E-state index in [4.69, 9.17) is 4.74 Å². The molecule has 0 radical (unpaired) electrons. The average Bonchev–Trinajstić information content (AvgIpc) is 2.96. The zero-order chi connectivity index (χ0) is 13.3. The molecule has 5 heteroatoms. The van der Waals surface area contributed by atoms with Gasteiger partial charge in [0.1, 0.15) is 0 Å². The standard InChI is InChI=1S/C14H24N4O/c1-14(2)5-3-4-11(8-14)16-12-9-19-10-13(12)18-7-6-15-17-18/h6-7,11-13,16H,3-5,8-10H2,1-2H3/t11-,12-,13+/m0/s1. The van der Waals surface area contributed by atoms with Gasteiger partial charge in [-0.3, -0.25) is 0 Å². The van der Waals surface area contributed by atoms with Crippen molar-refractivity contribution in [3.8, 4) is 0 Å². The third kappa shape index (κ3) is 2.98. The van der Waals surface area contributed by atoms with Crippen molar-refractivity contribution >= 4 is 0 Å². The van der Waals surface area contributed by atoms with Gasteiger partial charge in [-0.1, -0.05) is 25.5 Å². The molecule has 2 fully saturated rings. The zero-order valence-corrected chi connectivity index (χ0v) is 11.9. The SMILES string of the molecule is CC1(C)CCC[C@H](N[C@H]2COC[C@H]2n2ccnn2)C1. The van der Waals surface area contributed by atoms with Crippen molar-refractivity contribution in [1.29, 1.82) is 0 Å². The van der Waals surface area contributed by atoms with Gasteiger partial charge >= 0.3 is 0 Å². The van der Waals surface area contributed by atoms with Crippen molar-refractivity contribution in [3.05, 3.63) is 12.4 Å². The van der Waals surface area contributed by atoms with Crippen LogP contribution in [0.4, 0.5) is 0 Å². The third-order valence-corrected chi connectivity index (χ3v) is 4.49. The summed E-state index contributed by atoms with van der Waals surface area (Å²) in [4.78, 5) is 0. The quantitative estimate of drug-likeness (QED) is 0.904. The lowest BCUT2D eigenvalue weighted by Gasteiger charge is -2.37. The Morgan fingerprint density at radius 1 is 1.37 bits per heavy atom. The lowest BCUT2D eigenvalue weighted by atomic mass is 9.75. The lowest BCUT2D eigenvalue weighted by Crippen LogP contribution is -2.46. The minimum absolute atomic E-state index is 0.285.